The molecule has 9 heteroatoms. The van der Waals surface area contributed by atoms with Crippen LogP contribution >= 0.6 is 11.3 Å². The van der Waals surface area contributed by atoms with Gasteiger partial charge in [0.1, 0.15) is 5.69 Å². The molecule has 0 aliphatic heterocycles. The summed E-state index contributed by atoms with van der Waals surface area (Å²) in [6.07, 6.45) is -4.53. The van der Waals surface area contributed by atoms with Gasteiger partial charge in [0.15, 0.2) is 5.13 Å². The summed E-state index contributed by atoms with van der Waals surface area (Å²) in [7, 11) is 0. The van der Waals surface area contributed by atoms with Gasteiger partial charge >= 0.3 is 6.18 Å². The molecular weight excluding hydrogens is 355 g/mol. The highest BCUT2D eigenvalue weighted by atomic mass is 32.1. The standard InChI is InChI=1S/C16H16F3N3O2S/c1-3-22(4-2)14(24)12-9-25-15(20-12)21-13(23)10-6-5-7-11(8-10)16(17,18)19/h5-9H,3-4H2,1-2H3,(H,20,21,23). The molecule has 5 nitrogen and oxygen atoms in total. The highest BCUT2D eigenvalue weighted by Gasteiger charge is 2.31. The largest absolute Gasteiger partial charge is 0.416 e. The number of halogens is 3. The lowest BCUT2D eigenvalue weighted by molar-refractivity contribution is -0.137. The zero-order chi connectivity index (χ0) is 18.6. The number of alkyl halides is 3. The number of anilines is 1. The second-order valence-corrected chi connectivity index (χ2v) is 5.91. The first-order chi connectivity index (χ1) is 11.8. The molecule has 0 aliphatic carbocycles. The molecule has 1 heterocycles. The van der Waals surface area contributed by atoms with Crippen molar-refractivity contribution in [3.8, 4) is 0 Å². The fraction of sp³-hybridized carbons (Fsp3) is 0.312. The number of nitrogens with zero attached hydrogens (tertiary/aromatic N) is 2. The third kappa shape index (κ3) is 4.56. The third-order valence-corrected chi connectivity index (χ3v) is 4.20. The van der Waals surface area contributed by atoms with Gasteiger partial charge in [0.2, 0.25) is 0 Å². The van der Waals surface area contributed by atoms with Gasteiger partial charge < -0.3 is 4.90 Å². The van der Waals surface area contributed by atoms with Crippen LogP contribution in [0.25, 0.3) is 0 Å². The summed E-state index contributed by atoms with van der Waals surface area (Å²) >= 11 is 1.04. The topological polar surface area (TPSA) is 62.3 Å². The van der Waals surface area contributed by atoms with Gasteiger partial charge in [-0.05, 0) is 32.0 Å². The molecule has 0 aliphatic rings. The molecule has 1 N–H and O–H groups in total. The van der Waals surface area contributed by atoms with Crippen molar-refractivity contribution in [1.29, 1.82) is 0 Å². The molecule has 2 amide bonds. The molecule has 0 saturated heterocycles. The molecule has 0 spiro atoms. The highest BCUT2D eigenvalue weighted by Crippen LogP contribution is 2.29. The van der Waals surface area contributed by atoms with Crippen molar-refractivity contribution in [3.63, 3.8) is 0 Å². The van der Waals surface area contributed by atoms with Crippen LogP contribution in [0, 0.1) is 0 Å². The van der Waals surface area contributed by atoms with Gasteiger partial charge in [0, 0.05) is 24.0 Å². The molecule has 0 radical (unpaired) electrons. The van der Waals surface area contributed by atoms with Crippen LogP contribution in [0.3, 0.4) is 0 Å². The third-order valence-electron chi connectivity index (χ3n) is 3.45. The number of hydrogen-bond donors (Lipinski definition) is 1. The molecule has 0 fully saturated rings. The predicted octanol–water partition coefficient (Wildman–Crippen LogP) is 3.90. The molecule has 25 heavy (non-hydrogen) atoms. The lowest BCUT2D eigenvalue weighted by Crippen LogP contribution is -2.30. The molecule has 2 aromatic rings. The summed E-state index contributed by atoms with van der Waals surface area (Å²) in [6, 6.07) is 4.10. The summed E-state index contributed by atoms with van der Waals surface area (Å²) in [5, 5.41) is 4.07. The van der Waals surface area contributed by atoms with E-state index in [-0.39, 0.29) is 22.3 Å². The first kappa shape index (κ1) is 18.9. The number of nitrogens with one attached hydrogen (secondary N) is 1. The van der Waals surface area contributed by atoms with Crippen molar-refractivity contribution >= 4 is 28.3 Å². The van der Waals surface area contributed by atoms with E-state index >= 15 is 0 Å². The van der Waals surface area contributed by atoms with E-state index in [1.165, 1.54) is 11.4 Å². The fourth-order valence-corrected chi connectivity index (χ4v) is 2.79. The van der Waals surface area contributed by atoms with Crippen molar-refractivity contribution in [2.45, 2.75) is 20.0 Å². The molecule has 1 aromatic heterocycles. The molecule has 0 saturated carbocycles. The molecule has 2 rings (SSSR count). The minimum atomic E-state index is -4.53. The fourth-order valence-electron chi connectivity index (χ4n) is 2.11. The second kappa shape index (κ2) is 7.64. The van der Waals surface area contributed by atoms with Gasteiger partial charge in [-0.1, -0.05) is 6.07 Å². The molecule has 0 bridgehead atoms. The highest BCUT2D eigenvalue weighted by molar-refractivity contribution is 7.14. The number of rotatable bonds is 5. The Bertz CT molecular complexity index is 770. The zero-order valence-corrected chi connectivity index (χ0v) is 14.4. The molecule has 134 valence electrons. The average molecular weight is 371 g/mol. The van der Waals surface area contributed by atoms with Gasteiger partial charge in [0.25, 0.3) is 11.8 Å². The number of thiazole rings is 1. The van der Waals surface area contributed by atoms with E-state index in [1.807, 2.05) is 13.8 Å². The monoisotopic (exact) mass is 371 g/mol. The Labute approximate surface area is 146 Å². The van der Waals surface area contributed by atoms with Crippen LogP contribution in [0.4, 0.5) is 18.3 Å². The molecule has 0 unspecified atom stereocenters. The Morgan fingerprint density at radius 1 is 1.24 bits per heavy atom. The summed E-state index contributed by atoms with van der Waals surface area (Å²) < 4.78 is 38.1. The van der Waals surface area contributed by atoms with Crippen LogP contribution in [0.2, 0.25) is 0 Å². The van der Waals surface area contributed by atoms with Gasteiger partial charge in [-0.3, -0.25) is 14.9 Å². The Kier molecular flexibility index (Phi) is 5.78. The van der Waals surface area contributed by atoms with E-state index in [2.05, 4.69) is 10.3 Å². The molecule has 1 aromatic carbocycles. The Balaban J connectivity index is 2.13. The quantitative estimate of drug-likeness (QED) is 0.867. The summed E-state index contributed by atoms with van der Waals surface area (Å²) in [5.41, 5.74) is -0.855. The Morgan fingerprint density at radius 3 is 2.52 bits per heavy atom. The maximum atomic E-state index is 12.7. The minimum absolute atomic E-state index is 0.137. The van der Waals surface area contributed by atoms with Gasteiger partial charge in [0.05, 0.1) is 5.56 Å². The van der Waals surface area contributed by atoms with Crippen LogP contribution in [0.15, 0.2) is 29.6 Å². The molecular formula is C16H16F3N3O2S. The van der Waals surface area contributed by atoms with Gasteiger partial charge in [-0.15, -0.1) is 11.3 Å². The number of carbonyl (C=O) groups is 2. The summed E-state index contributed by atoms with van der Waals surface area (Å²) in [4.78, 5) is 29.9. The zero-order valence-electron chi connectivity index (χ0n) is 13.6. The van der Waals surface area contributed by atoms with Crippen LogP contribution < -0.4 is 5.32 Å². The van der Waals surface area contributed by atoms with Crippen molar-refractivity contribution in [2.75, 3.05) is 18.4 Å². The van der Waals surface area contributed by atoms with E-state index in [0.717, 1.165) is 29.5 Å². The van der Waals surface area contributed by atoms with Gasteiger partial charge in [-0.25, -0.2) is 4.98 Å². The molecule has 0 atom stereocenters. The first-order valence-corrected chi connectivity index (χ1v) is 8.37. The number of carbonyl (C=O) groups excluding carboxylic acids is 2. The van der Waals surface area contributed by atoms with E-state index < -0.39 is 17.6 Å². The second-order valence-electron chi connectivity index (χ2n) is 5.05. The summed E-state index contributed by atoms with van der Waals surface area (Å²) in [6.45, 7) is 4.73. The van der Waals surface area contributed by atoms with Crippen LogP contribution in [0.5, 0.6) is 0 Å². The number of benzene rings is 1. The Morgan fingerprint density at radius 2 is 1.92 bits per heavy atom. The van der Waals surface area contributed by atoms with Crippen LogP contribution in [-0.2, 0) is 6.18 Å². The predicted molar refractivity (Wildman–Crippen MR) is 88.8 cm³/mol. The maximum Gasteiger partial charge on any atom is 0.416 e. The summed E-state index contributed by atoms with van der Waals surface area (Å²) in [5.74, 6) is -0.983. The number of aromatic nitrogens is 1. The lowest BCUT2D eigenvalue weighted by atomic mass is 10.1. The first-order valence-electron chi connectivity index (χ1n) is 7.49. The van der Waals surface area contributed by atoms with Crippen LogP contribution in [0.1, 0.15) is 40.3 Å². The van der Waals surface area contributed by atoms with E-state index in [1.54, 1.807) is 4.90 Å². The van der Waals surface area contributed by atoms with Gasteiger partial charge in [-0.2, -0.15) is 13.2 Å². The Hall–Kier alpha value is -2.42. The van der Waals surface area contributed by atoms with Crippen molar-refractivity contribution in [2.24, 2.45) is 0 Å². The number of hydrogen-bond acceptors (Lipinski definition) is 4. The van der Waals surface area contributed by atoms with E-state index in [9.17, 15) is 22.8 Å². The minimum Gasteiger partial charge on any atom is -0.338 e. The normalized spacial score (nSPS) is 11.2. The van der Waals surface area contributed by atoms with Crippen molar-refractivity contribution < 1.29 is 22.8 Å². The maximum absolute atomic E-state index is 12.7. The lowest BCUT2D eigenvalue weighted by Gasteiger charge is -2.16. The van der Waals surface area contributed by atoms with Crippen LogP contribution in [-0.4, -0.2) is 34.8 Å². The van der Waals surface area contributed by atoms with E-state index in [4.69, 9.17) is 0 Å². The van der Waals surface area contributed by atoms with Crippen molar-refractivity contribution in [3.05, 3.63) is 46.5 Å². The SMILES string of the molecule is CCN(CC)C(=O)c1csc(NC(=O)c2cccc(C(F)(F)F)c2)n1. The van der Waals surface area contributed by atoms with E-state index in [0.29, 0.717) is 13.1 Å². The van der Waals surface area contributed by atoms with Crippen molar-refractivity contribution in [1.82, 2.24) is 9.88 Å². The smallest absolute Gasteiger partial charge is 0.338 e. The average Bonchev–Trinajstić information content (AvgIpc) is 3.03. The number of amides is 2.